The van der Waals surface area contributed by atoms with Crippen molar-refractivity contribution < 1.29 is 4.74 Å². The number of thiazole rings is 1. The highest BCUT2D eigenvalue weighted by Crippen LogP contribution is 2.41. The number of pyridine rings is 1. The molecule has 2 aromatic carbocycles. The number of benzene rings is 2. The van der Waals surface area contributed by atoms with Crippen LogP contribution in [-0.4, -0.2) is 9.97 Å². The van der Waals surface area contributed by atoms with Crippen LogP contribution >= 0.6 is 34.7 Å². The van der Waals surface area contributed by atoms with Gasteiger partial charge in [-0.2, -0.15) is 0 Å². The zero-order valence-electron chi connectivity index (χ0n) is 14.9. The van der Waals surface area contributed by atoms with Crippen molar-refractivity contribution >= 4 is 39.8 Å². The third kappa shape index (κ3) is 4.14. The predicted octanol–water partition coefficient (Wildman–Crippen LogP) is 6.69. The Bertz CT molecular complexity index is 1120. The Kier molecular flexibility index (Phi) is 5.52. The molecule has 2 aromatic heterocycles. The predicted molar refractivity (Wildman–Crippen MR) is 117 cm³/mol. The average Bonchev–Trinajstić information content (AvgIpc) is 3.03. The molecule has 0 aliphatic heterocycles. The molecular formula is C21H16ClN3OS2. The van der Waals surface area contributed by atoms with Crippen molar-refractivity contribution in [3.8, 4) is 22.1 Å². The van der Waals surface area contributed by atoms with Crippen LogP contribution in [0.5, 0.6) is 11.5 Å². The third-order valence-corrected chi connectivity index (χ3v) is 6.36. The maximum Gasteiger partial charge on any atom is 0.180 e. The number of ether oxygens (including phenoxy) is 1. The lowest BCUT2D eigenvalue weighted by Gasteiger charge is -2.12. The second-order valence-corrected chi connectivity index (χ2v) is 8.49. The Labute approximate surface area is 176 Å². The van der Waals surface area contributed by atoms with Gasteiger partial charge in [0.05, 0.1) is 15.6 Å². The van der Waals surface area contributed by atoms with Crippen LogP contribution < -0.4 is 10.5 Å². The molecule has 0 aliphatic rings. The van der Waals surface area contributed by atoms with E-state index in [1.807, 2.05) is 73.8 Å². The van der Waals surface area contributed by atoms with E-state index < -0.39 is 0 Å². The van der Waals surface area contributed by atoms with Crippen LogP contribution in [0.3, 0.4) is 0 Å². The molecule has 2 heterocycles. The van der Waals surface area contributed by atoms with E-state index in [1.165, 1.54) is 11.3 Å². The van der Waals surface area contributed by atoms with Crippen LogP contribution in [-0.2, 0) is 0 Å². The molecule has 0 fully saturated rings. The molecule has 0 unspecified atom stereocenters. The normalized spacial score (nSPS) is 10.8. The van der Waals surface area contributed by atoms with E-state index in [9.17, 15) is 0 Å². The first kappa shape index (κ1) is 18.8. The van der Waals surface area contributed by atoms with Gasteiger partial charge in [-0.1, -0.05) is 65.0 Å². The standard InChI is InChI=1S/C21H16ClN3OS2/c1-13-20(28-21(23)25-13)19-17(26-14-7-3-2-4-8-14)11-15(12-24-19)27-18-10-6-5-9-16(18)22/h2-12H,1H3,(H2,23,25). The third-order valence-electron chi connectivity index (χ3n) is 3.89. The van der Waals surface area contributed by atoms with Gasteiger partial charge in [-0.25, -0.2) is 4.98 Å². The van der Waals surface area contributed by atoms with E-state index in [2.05, 4.69) is 9.97 Å². The second kappa shape index (κ2) is 8.22. The van der Waals surface area contributed by atoms with Gasteiger partial charge in [0.25, 0.3) is 0 Å². The summed E-state index contributed by atoms with van der Waals surface area (Å²) in [5.41, 5.74) is 7.44. The second-order valence-electron chi connectivity index (χ2n) is 5.93. The maximum atomic E-state index is 6.30. The first-order valence-electron chi connectivity index (χ1n) is 8.49. The van der Waals surface area contributed by atoms with E-state index in [4.69, 9.17) is 22.1 Å². The monoisotopic (exact) mass is 425 g/mol. The Hall–Kier alpha value is -2.54. The molecule has 0 saturated heterocycles. The first-order valence-corrected chi connectivity index (χ1v) is 10.5. The van der Waals surface area contributed by atoms with Crippen LogP contribution in [0.4, 0.5) is 5.13 Å². The van der Waals surface area contributed by atoms with Gasteiger partial charge in [-0.3, -0.25) is 4.98 Å². The molecule has 0 aliphatic carbocycles. The van der Waals surface area contributed by atoms with Crippen molar-refractivity contribution in [2.75, 3.05) is 5.73 Å². The summed E-state index contributed by atoms with van der Waals surface area (Å²) >= 11 is 9.24. The van der Waals surface area contributed by atoms with Crippen molar-refractivity contribution in [2.24, 2.45) is 0 Å². The number of anilines is 1. The molecule has 0 radical (unpaired) electrons. The van der Waals surface area contributed by atoms with E-state index in [0.29, 0.717) is 15.9 Å². The molecule has 0 bridgehead atoms. The molecule has 28 heavy (non-hydrogen) atoms. The quantitative estimate of drug-likeness (QED) is 0.385. The minimum absolute atomic E-state index is 0.509. The number of nitrogen functional groups attached to an aromatic ring is 1. The number of aryl methyl sites for hydroxylation is 1. The molecule has 7 heteroatoms. The minimum Gasteiger partial charge on any atom is -0.455 e. The highest BCUT2D eigenvalue weighted by Gasteiger charge is 2.17. The van der Waals surface area contributed by atoms with Gasteiger partial charge in [-0.15, -0.1) is 0 Å². The van der Waals surface area contributed by atoms with E-state index >= 15 is 0 Å². The zero-order valence-corrected chi connectivity index (χ0v) is 17.3. The van der Waals surface area contributed by atoms with Crippen molar-refractivity contribution in [3.63, 3.8) is 0 Å². The highest BCUT2D eigenvalue weighted by molar-refractivity contribution is 7.99. The number of nitrogens with two attached hydrogens (primary N) is 1. The first-order chi connectivity index (χ1) is 13.6. The largest absolute Gasteiger partial charge is 0.455 e. The number of para-hydroxylation sites is 1. The Morgan fingerprint density at radius 3 is 2.54 bits per heavy atom. The highest BCUT2D eigenvalue weighted by atomic mass is 35.5. The SMILES string of the molecule is Cc1nc(N)sc1-c1ncc(Sc2ccccc2Cl)cc1Oc1ccccc1. The van der Waals surface area contributed by atoms with Gasteiger partial charge in [0.2, 0.25) is 0 Å². The lowest BCUT2D eigenvalue weighted by atomic mass is 10.2. The van der Waals surface area contributed by atoms with E-state index in [0.717, 1.165) is 31.8 Å². The number of halogens is 1. The summed E-state index contributed by atoms with van der Waals surface area (Å²) < 4.78 is 6.17. The van der Waals surface area contributed by atoms with Crippen molar-refractivity contribution in [3.05, 3.63) is 77.6 Å². The summed E-state index contributed by atoms with van der Waals surface area (Å²) in [5.74, 6) is 1.38. The fraction of sp³-hybridized carbons (Fsp3) is 0.0476. The number of hydrogen-bond donors (Lipinski definition) is 1. The lowest BCUT2D eigenvalue weighted by molar-refractivity contribution is 0.481. The summed E-state index contributed by atoms with van der Waals surface area (Å²) in [6.07, 6.45) is 1.82. The van der Waals surface area contributed by atoms with Crippen LogP contribution in [0, 0.1) is 6.92 Å². The molecule has 4 nitrogen and oxygen atoms in total. The van der Waals surface area contributed by atoms with Gasteiger partial charge in [-0.05, 0) is 37.3 Å². The summed E-state index contributed by atoms with van der Waals surface area (Å²) in [4.78, 5) is 11.8. The van der Waals surface area contributed by atoms with Crippen LogP contribution in [0.15, 0.2) is 76.7 Å². The van der Waals surface area contributed by atoms with Gasteiger partial charge in [0.15, 0.2) is 10.9 Å². The lowest BCUT2D eigenvalue weighted by Crippen LogP contribution is -1.92. The molecule has 0 saturated carbocycles. The average molecular weight is 426 g/mol. The molecule has 0 atom stereocenters. The molecular weight excluding hydrogens is 410 g/mol. The molecule has 0 amide bonds. The van der Waals surface area contributed by atoms with E-state index in [1.54, 1.807) is 11.8 Å². The smallest absolute Gasteiger partial charge is 0.180 e. The number of aromatic nitrogens is 2. The van der Waals surface area contributed by atoms with Crippen molar-refractivity contribution in [1.29, 1.82) is 0 Å². The van der Waals surface area contributed by atoms with Crippen LogP contribution in [0.25, 0.3) is 10.6 Å². The van der Waals surface area contributed by atoms with E-state index in [-0.39, 0.29) is 0 Å². The number of nitrogens with zero attached hydrogens (tertiary/aromatic N) is 2. The minimum atomic E-state index is 0.509. The summed E-state index contributed by atoms with van der Waals surface area (Å²) in [5, 5.41) is 1.21. The van der Waals surface area contributed by atoms with Crippen molar-refractivity contribution in [1.82, 2.24) is 9.97 Å². The molecule has 4 aromatic rings. The summed E-state index contributed by atoms with van der Waals surface area (Å²) in [7, 11) is 0. The fourth-order valence-electron chi connectivity index (χ4n) is 2.64. The molecule has 2 N–H and O–H groups in total. The Balaban J connectivity index is 1.76. The summed E-state index contributed by atoms with van der Waals surface area (Å²) in [6, 6.07) is 19.3. The molecule has 140 valence electrons. The van der Waals surface area contributed by atoms with Crippen molar-refractivity contribution in [2.45, 2.75) is 16.7 Å². The topological polar surface area (TPSA) is 61.0 Å². The van der Waals surface area contributed by atoms with Gasteiger partial charge >= 0.3 is 0 Å². The maximum absolute atomic E-state index is 6.30. The van der Waals surface area contributed by atoms with Gasteiger partial charge in [0, 0.05) is 16.0 Å². The Morgan fingerprint density at radius 1 is 1.07 bits per heavy atom. The fourth-order valence-corrected chi connectivity index (χ4v) is 4.56. The van der Waals surface area contributed by atoms with Gasteiger partial charge in [0.1, 0.15) is 11.4 Å². The number of hydrogen-bond acceptors (Lipinski definition) is 6. The summed E-state index contributed by atoms with van der Waals surface area (Å²) in [6.45, 7) is 1.92. The van der Waals surface area contributed by atoms with Crippen LogP contribution in [0.2, 0.25) is 5.02 Å². The number of rotatable bonds is 5. The zero-order chi connectivity index (χ0) is 19.5. The molecule has 0 spiro atoms. The van der Waals surface area contributed by atoms with Crippen LogP contribution in [0.1, 0.15) is 5.69 Å². The van der Waals surface area contributed by atoms with Gasteiger partial charge < -0.3 is 10.5 Å². The molecule has 4 rings (SSSR count). The Morgan fingerprint density at radius 2 is 1.82 bits per heavy atom.